The highest BCUT2D eigenvalue weighted by atomic mass is 16.2. The number of amides is 1. The van der Waals surface area contributed by atoms with Crippen LogP contribution in [0.15, 0.2) is 24.8 Å². The Morgan fingerprint density at radius 2 is 2.19 bits per heavy atom. The zero-order chi connectivity index (χ0) is 11.7. The lowest BCUT2D eigenvalue weighted by molar-refractivity contribution is 0.0785. The standard InChI is InChI=1S/C14H17NO/c1-4-11-9-10(2)5-8-13(11)14(16)15(3)12-6-7-12/h4-5,8-9,12H,1,6-7H2,2-3H3. The number of benzene rings is 1. The molecule has 1 aromatic carbocycles. The monoisotopic (exact) mass is 215 g/mol. The van der Waals surface area contributed by atoms with Crippen LogP contribution in [-0.2, 0) is 0 Å². The van der Waals surface area contributed by atoms with Crippen LogP contribution in [0.3, 0.4) is 0 Å². The Labute approximate surface area is 96.6 Å². The summed E-state index contributed by atoms with van der Waals surface area (Å²) >= 11 is 0. The maximum absolute atomic E-state index is 12.2. The number of hydrogen-bond acceptors (Lipinski definition) is 1. The van der Waals surface area contributed by atoms with Crippen molar-refractivity contribution in [1.82, 2.24) is 4.90 Å². The van der Waals surface area contributed by atoms with Crippen molar-refractivity contribution in [3.63, 3.8) is 0 Å². The van der Waals surface area contributed by atoms with E-state index in [-0.39, 0.29) is 5.91 Å². The van der Waals surface area contributed by atoms with Crippen LogP contribution in [0.2, 0.25) is 0 Å². The highest BCUT2D eigenvalue weighted by Crippen LogP contribution is 2.27. The molecule has 2 rings (SSSR count). The molecule has 0 heterocycles. The minimum atomic E-state index is 0.109. The Balaban J connectivity index is 2.31. The van der Waals surface area contributed by atoms with E-state index in [4.69, 9.17) is 0 Å². The van der Waals surface area contributed by atoms with Crippen molar-refractivity contribution in [2.45, 2.75) is 25.8 Å². The van der Waals surface area contributed by atoms with Crippen molar-refractivity contribution in [2.75, 3.05) is 7.05 Å². The van der Waals surface area contributed by atoms with Gasteiger partial charge in [0.25, 0.3) is 5.91 Å². The van der Waals surface area contributed by atoms with Crippen molar-refractivity contribution in [3.05, 3.63) is 41.5 Å². The molecule has 0 saturated heterocycles. The van der Waals surface area contributed by atoms with Crippen LogP contribution in [0.25, 0.3) is 6.08 Å². The van der Waals surface area contributed by atoms with Gasteiger partial charge in [0.15, 0.2) is 0 Å². The minimum Gasteiger partial charge on any atom is -0.339 e. The molecule has 0 radical (unpaired) electrons. The predicted molar refractivity (Wildman–Crippen MR) is 66.4 cm³/mol. The van der Waals surface area contributed by atoms with Gasteiger partial charge in [0.2, 0.25) is 0 Å². The van der Waals surface area contributed by atoms with Crippen molar-refractivity contribution in [1.29, 1.82) is 0 Å². The first-order chi connectivity index (χ1) is 7.63. The number of rotatable bonds is 3. The lowest BCUT2D eigenvalue weighted by atomic mass is 10.0. The Morgan fingerprint density at radius 3 is 2.75 bits per heavy atom. The van der Waals surface area contributed by atoms with E-state index in [1.54, 1.807) is 6.08 Å². The van der Waals surface area contributed by atoms with E-state index in [1.807, 2.05) is 37.1 Å². The SMILES string of the molecule is C=Cc1cc(C)ccc1C(=O)N(C)C1CC1. The van der Waals surface area contributed by atoms with Gasteiger partial charge in [-0.05, 0) is 31.4 Å². The van der Waals surface area contributed by atoms with Crippen molar-refractivity contribution in [3.8, 4) is 0 Å². The highest BCUT2D eigenvalue weighted by Gasteiger charge is 2.30. The van der Waals surface area contributed by atoms with Crippen LogP contribution in [0.4, 0.5) is 0 Å². The molecular weight excluding hydrogens is 198 g/mol. The fraction of sp³-hybridized carbons (Fsp3) is 0.357. The Bertz CT molecular complexity index is 432. The molecule has 0 atom stereocenters. The number of nitrogens with zero attached hydrogens (tertiary/aromatic N) is 1. The molecule has 0 spiro atoms. The number of aryl methyl sites for hydroxylation is 1. The van der Waals surface area contributed by atoms with Crippen LogP contribution >= 0.6 is 0 Å². The first-order valence-electron chi connectivity index (χ1n) is 5.63. The van der Waals surface area contributed by atoms with Gasteiger partial charge in [0.05, 0.1) is 0 Å². The summed E-state index contributed by atoms with van der Waals surface area (Å²) < 4.78 is 0. The summed E-state index contributed by atoms with van der Waals surface area (Å²) in [5.41, 5.74) is 2.84. The fourth-order valence-corrected chi connectivity index (χ4v) is 1.86. The summed E-state index contributed by atoms with van der Waals surface area (Å²) in [6.45, 7) is 5.78. The molecule has 1 aliphatic carbocycles. The third-order valence-electron chi connectivity index (χ3n) is 3.07. The third kappa shape index (κ3) is 2.01. The zero-order valence-electron chi connectivity index (χ0n) is 9.86. The number of carbonyl (C=O) groups is 1. The molecule has 1 fully saturated rings. The van der Waals surface area contributed by atoms with Gasteiger partial charge in [-0.2, -0.15) is 0 Å². The highest BCUT2D eigenvalue weighted by molar-refractivity contribution is 5.98. The quantitative estimate of drug-likeness (QED) is 0.759. The molecule has 0 N–H and O–H groups in total. The second kappa shape index (κ2) is 4.12. The molecule has 1 aromatic rings. The summed E-state index contributed by atoms with van der Waals surface area (Å²) in [7, 11) is 1.88. The zero-order valence-corrected chi connectivity index (χ0v) is 9.86. The molecule has 1 aliphatic rings. The smallest absolute Gasteiger partial charge is 0.254 e. The van der Waals surface area contributed by atoms with Crippen molar-refractivity contribution >= 4 is 12.0 Å². The normalized spacial score (nSPS) is 14.6. The van der Waals surface area contributed by atoms with Gasteiger partial charge < -0.3 is 4.90 Å². The predicted octanol–water partition coefficient (Wildman–Crippen LogP) is 2.87. The van der Waals surface area contributed by atoms with Gasteiger partial charge in [-0.3, -0.25) is 4.79 Å². The van der Waals surface area contributed by atoms with Crippen LogP contribution in [0, 0.1) is 6.92 Å². The summed E-state index contributed by atoms with van der Waals surface area (Å²) in [5, 5.41) is 0. The number of hydrogen-bond donors (Lipinski definition) is 0. The van der Waals surface area contributed by atoms with Gasteiger partial charge in [-0.25, -0.2) is 0 Å². The molecule has 1 saturated carbocycles. The molecule has 16 heavy (non-hydrogen) atoms. The Kier molecular flexibility index (Phi) is 2.82. The average molecular weight is 215 g/mol. The molecule has 1 amide bonds. The van der Waals surface area contributed by atoms with Crippen molar-refractivity contribution < 1.29 is 4.79 Å². The maximum atomic E-state index is 12.2. The van der Waals surface area contributed by atoms with Gasteiger partial charge in [0.1, 0.15) is 0 Å². The maximum Gasteiger partial charge on any atom is 0.254 e. The molecule has 2 heteroatoms. The lowest BCUT2D eigenvalue weighted by Crippen LogP contribution is -2.29. The van der Waals surface area contributed by atoms with E-state index in [9.17, 15) is 4.79 Å². The second-order valence-electron chi connectivity index (χ2n) is 4.44. The van der Waals surface area contributed by atoms with Crippen LogP contribution in [0.1, 0.15) is 34.3 Å². The average Bonchev–Trinajstić information content (AvgIpc) is 3.10. The van der Waals surface area contributed by atoms with E-state index in [2.05, 4.69) is 6.58 Å². The van der Waals surface area contributed by atoms with Gasteiger partial charge in [-0.15, -0.1) is 0 Å². The van der Waals surface area contributed by atoms with E-state index >= 15 is 0 Å². The fourth-order valence-electron chi connectivity index (χ4n) is 1.86. The van der Waals surface area contributed by atoms with Crippen LogP contribution < -0.4 is 0 Å². The third-order valence-corrected chi connectivity index (χ3v) is 3.07. The van der Waals surface area contributed by atoms with Gasteiger partial charge >= 0.3 is 0 Å². The van der Waals surface area contributed by atoms with E-state index < -0.39 is 0 Å². The number of carbonyl (C=O) groups excluding carboxylic acids is 1. The first-order valence-corrected chi connectivity index (χ1v) is 5.63. The summed E-state index contributed by atoms with van der Waals surface area (Å²) in [4.78, 5) is 14.0. The molecule has 2 nitrogen and oxygen atoms in total. The summed E-state index contributed by atoms with van der Waals surface area (Å²) in [5.74, 6) is 0.109. The molecule has 0 aliphatic heterocycles. The van der Waals surface area contributed by atoms with E-state index in [0.717, 1.165) is 29.5 Å². The molecule has 0 bridgehead atoms. The van der Waals surface area contributed by atoms with Gasteiger partial charge in [0, 0.05) is 18.7 Å². The largest absolute Gasteiger partial charge is 0.339 e. The van der Waals surface area contributed by atoms with E-state index in [1.165, 1.54) is 0 Å². The molecular formula is C14H17NO. The topological polar surface area (TPSA) is 20.3 Å². The summed E-state index contributed by atoms with van der Waals surface area (Å²) in [6, 6.07) is 6.32. The first kappa shape index (κ1) is 10.9. The van der Waals surface area contributed by atoms with Crippen molar-refractivity contribution in [2.24, 2.45) is 0 Å². The van der Waals surface area contributed by atoms with Crippen LogP contribution in [0.5, 0.6) is 0 Å². The summed E-state index contributed by atoms with van der Waals surface area (Å²) in [6.07, 6.45) is 4.02. The van der Waals surface area contributed by atoms with Gasteiger partial charge in [-0.1, -0.05) is 30.4 Å². The lowest BCUT2D eigenvalue weighted by Gasteiger charge is -2.17. The Morgan fingerprint density at radius 1 is 1.50 bits per heavy atom. The van der Waals surface area contributed by atoms with Crippen LogP contribution in [-0.4, -0.2) is 23.9 Å². The second-order valence-corrected chi connectivity index (χ2v) is 4.44. The minimum absolute atomic E-state index is 0.109. The van der Waals surface area contributed by atoms with E-state index in [0.29, 0.717) is 6.04 Å². The molecule has 0 unspecified atom stereocenters. The molecule has 0 aromatic heterocycles. The molecule has 84 valence electrons. The Hall–Kier alpha value is -1.57.